The number of piperazine rings is 1. The summed E-state index contributed by atoms with van der Waals surface area (Å²) in [7, 11) is 0. The third kappa shape index (κ3) is 2.09. The number of benzene rings is 1. The van der Waals surface area contributed by atoms with Crippen molar-refractivity contribution in [3.63, 3.8) is 0 Å². The molecule has 0 bridgehead atoms. The van der Waals surface area contributed by atoms with Crippen molar-refractivity contribution in [2.24, 2.45) is 5.92 Å². The van der Waals surface area contributed by atoms with Crippen LogP contribution in [0.5, 0.6) is 0 Å². The van der Waals surface area contributed by atoms with Crippen LogP contribution in [0.4, 0.5) is 0 Å². The molecule has 1 N–H and O–H groups in total. The average Bonchev–Trinajstić information content (AvgIpc) is 3.25. The quantitative estimate of drug-likeness (QED) is 0.929. The van der Waals surface area contributed by atoms with Crippen molar-refractivity contribution in [2.75, 3.05) is 19.6 Å². The van der Waals surface area contributed by atoms with Crippen molar-refractivity contribution >= 4 is 21.4 Å². The normalized spacial score (nSPS) is 28.1. The Hall–Kier alpha value is -0.900. The minimum Gasteiger partial charge on any atom is -0.314 e. The number of nitrogens with one attached hydrogen (secondary N) is 1. The first-order valence-corrected chi connectivity index (χ1v) is 8.56. The molecule has 1 aromatic carbocycles. The van der Waals surface area contributed by atoms with Gasteiger partial charge in [-0.2, -0.15) is 0 Å². The number of hydrogen-bond donors (Lipinski definition) is 1. The van der Waals surface area contributed by atoms with E-state index in [1.165, 1.54) is 35.0 Å². The second-order valence-corrected chi connectivity index (χ2v) is 7.40. The van der Waals surface area contributed by atoms with Crippen LogP contribution < -0.4 is 5.32 Å². The Morgan fingerprint density at radius 2 is 2.20 bits per heavy atom. The van der Waals surface area contributed by atoms with E-state index in [-0.39, 0.29) is 0 Å². The molecule has 4 rings (SSSR count). The van der Waals surface area contributed by atoms with E-state index in [0.717, 1.165) is 25.6 Å². The Morgan fingerprint density at radius 1 is 1.35 bits per heavy atom. The summed E-state index contributed by atoms with van der Waals surface area (Å²) in [5, 5.41) is 7.42. The van der Waals surface area contributed by atoms with Gasteiger partial charge in [-0.3, -0.25) is 4.90 Å². The van der Waals surface area contributed by atoms with Crippen LogP contribution >= 0.6 is 11.3 Å². The zero-order valence-electron chi connectivity index (χ0n) is 12.1. The van der Waals surface area contributed by atoms with Gasteiger partial charge in [0.25, 0.3) is 0 Å². The highest BCUT2D eigenvalue weighted by Gasteiger charge is 2.46. The van der Waals surface area contributed by atoms with Crippen LogP contribution in [0.3, 0.4) is 0 Å². The van der Waals surface area contributed by atoms with E-state index in [0.29, 0.717) is 5.54 Å². The molecule has 2 heterocycles. The van der Waals surface area contributed by atoms with Crippen LogP contribution in [-0.2, 0) is 6.54 Å². The predicted molar refractivity (Wildman–Crippen MR) is 86.2 cm³/mol. The van der Waals surface area contributed by atoms with Gasteiger partial charge in [0, 0.05) is 36.4 Å². The summed E-state index contributed by atoms with van der Waals surface area (Å²) in [6.45, 7) is 7.03. The average molecular weight is 286 g/mol. The summed E-state index contributed by atoms with van der Waals surface area (Å²) in [4.78, 5) is 2.73. The van der Waals surface area contributed by atoms with E-state index in [2.05, 4.69) is 46.8 Å². The Bertz CT molecular complexity index is 616. The molecule has 1 unspecified atom stereocenters. The van der Waals surface area contributed by atoms with Crippen molar-refractivity contribution in [3.05, 3.63) is 35.2 Å². The van der Waals surface area contributed by atoms with Gasteiger partial charge in [0.1, 0.15) is 0 Å². The summed E-state index contributed by atoms with van der Waals surface area (Å²) in [5.41, 5.74) is 1.88. The highest BCUT2D eigenvalue weighted by atomic mass is 32.1. The Balaban J connectivity index is 1.63. The fourth-order valence-corrected chi connectivity index (χ4v) is 4.60. The summed E-state index contributed by atoms with van der Waals surface area (Å²) in [6, 6.07) is 8.82. The van der Waals surface area contributed by atoms with Crippen LogP contribution in [0.15, 0.2) is 29.6 Å². The van der Waals surface area contributed by atoms with Gasteiger partial charge in [-0.1, -0.05) is 18.2 Å². The molecule has 2 nitrogen and oxygen atoms in total. The third-order valence-electron chi connectivity index (χ3n) is 5.14. The fraction of sp³-hybridized carbons (Fsp3) is 0.529. The molecule has 0 spiro atoms. The van der Waals surface area contributed by atoms with Gasteiger partial charge in [-0.05, 0) is 48.1 Å². The fourth-order valence-electron chi connectivity index (χ4n) is 3.65. The molecule has 0 amide bonds. The lowest BCUT2D eigenvalue weighted by atomic mass is 9.90. The van der Waals surface area contributed by atoms with E-state index >= 15 is 0 Å². The number of fused-ring (bicyclic) bond motifs is 1. The smallest absolute Gasteiger partial charge is 0.0346 e. The van der Waals surface area contributed by atoms with Crippen LogP contribution in [0.25, 0.3) is 10.1 Å². The Labute approximate surface area is 124 Å². The molecular formula is C17H22N2S. The van der Waals surface area contributed by atoms with Gasteiger partial charge < -0.3 is 5.32 Å². The summed E-state index contributed by atoms with van der Waals surface area (Å²) in [5.74, 6) is 0.903. The molecule has 1 atom stereocenters. The van der Waals surface area contributed by atoms with E-state index in [1.807, 2.05) is 11.3 Å². The molecular weight excluding hydrogens is 264 g/mol. The van der Waals surface area contributed by atoms with Crippen LogP contribution in [0.1, 0.15) is 25.3 Å². The number of thiophene rings is 1. The van der Waals surface area contributed by atoms with Crippen molar-refractivity contribution in [3.8, 4) is 0 Å². The van der Waals surface area contributed by atoms with E-state index in [9.17, 15) is 0 Å². The molecule has 2 aliphatic rings. The summed E-state index contributed by atoms with van der Waals surface area (Å²) >= 11 is 1.88. The van der Waals surface area contributed by atoms with Gasteiger partial charge >= 0.3 is 0 Å². The monoisotopic (exact) mass is 286 g/mol. The maximum absolute atomic E-state index is 3.60. The Morgan fingerprint density at radius 3 is 3.05 bits per heavy atom. The standard InChI is InChI=1S/C17H22N2S/c1-17(14-6-7-14)12-18-8-9-19(17)10-13-11-20-16-5-3-2-4-15(13)16/h2-5,11,14,18H,6-10,12H2,1H3. The molecule has 2 fully saturated rings. The largest absolute Gasteiger partial charge is 0.314 e. The highest BCUT2D eigenvalue weighted by Crippen LogP contribution is 2.44. The van der Waals surface area contributed by atoms with E-state index < -0.39 is 0 Å². The van der Waals surface area contributed by atoms with Gasteiger partial charge in [-0.15, -0.1) is 11.3 Å². The molecule has 1 aromatic heterocycles. The van der Waals surface area contributed by atoms with Crippen molar-refractivity contribution in [1.29, 1.82) is 0 Å². The van der Waals surface area contributed by atoms with Gasteiger partial charge in [0.15, 0.2) is 0 Å². The first kappa shape index (κ1) is 12.8. The molecule has 3 heteroatoms. The first-order chi connectivity index (χ1) is 9.77. The molecule has 106 valence electrons. The van der Waals surface area contributed by atoms with E-state index in [4.69, 9.17) is 0 Å². The topological polar surface area (TPSA) is 15.3 Å². The molecule has 2 aromatic rings. The number of hydrogen-bond acceptors (Lipinski definition) is 3. The summed E-state index contributed by atoms with van der Waals surface area (Å²) < 4.78 is 1.42. The van der Waals surface area contributed by atoms with Crippen LogP contribution in [-0.4, -0.2) is 30.1 Å². The molecule has 1 aliphatic heterocycles. The van der Waals surface area contributed by atoms with Crippen molar-refractivity contribution in [1.82, 2.24) is 10.2 Å². The lowest BCUT2D eigenvalue weighted by Crippen LogP contribution is -2.60. The lowest BCUT2D eigenvalue weighted by molar-refractivity contribution is 0.0489. The molecule has 0 radical (unpaired) electrons. The van der Waals surface area contributed by atoms with Crippen LogP contribution in [0.2, 0.25) is 0 Å². The maximum atomic E-state index is 3.60. The Kier molecular flexibility index (Phi) is 3.09. The number of nitrogens with zero attached hydrogens (tertiary/aromatic N) is 1. The number of rotatable bonds is 3. The minimum absolute atomic E-state index is 0.362. The van der Waals surface area contributed by atoms with Gasteiger partial charge in [-0.25, -0.2) is 0 Å². The van der Waals surface area contributed by atoms with Gasteiger partial charge in [0.2, 0.25) is 0 Å². The molecule has 20 heavy (non-hydrogen) atoms. The summed E-state index contributed by atoms with van der Waals surface area (Å²) in [6.07, 6.45) is 2.83. The SMILES string of the molecule is CC1(C2CC2)CNCCN1Cc1csc2ccccc12. The zero-order chi connectivity index (χ0) is 13.6. The molecule has 1 saturated heterocycles. The predicted octanol–water partition coefficient (Wildman–Crippen LogP) is 3.48. The van der Waals surface area contributed by atoms with Crippen LogP contribution in [0, 0.1) is 5.92 Å². The van der Waals surface area contributed by atoms with Crippen molar-refractivity contribution < 1.29 is 0 Å². The first-order valence-electron chi connectivity index (χ1n) is 7.68. The van der Waals surface area contributed by atoms with E-state index in [1.54, 1.807) is 0 Å². The van der Waals surface area contributed by atoms with Crippen molar-refractivity contribution in [2.45, 2.75) is 31.8 Å². The second kappa shape index (κ2) is 4.83. The lowest BCUT2D eigenvalue weighted by Gasteiger charge is -2.46. The highest BCUT2D eigenvalue weighted by molar-refractivity contribution is 7.17. The molecule has 1 saturated carbocycles. The van der Waals surface area contributed by atoms with Gasteiger partial charge in [0.05, 0.1) is 0 Å². The zero-order valence-corrected chi connectivity index (χ0v) is 12.9. The molecule has 1 aliphatic carbocycles. The minimum atomic E-state index is 0.362. The maximum Gasteiger partial charge on any atom is 0.0346 e. The third-order valence-corrected chi connectivity index (χ3v) is 6.16. The second-order valence-electron chi connectivity index (χ2n) is 6.49.